The minimum Gasteiger partial charge on any atom is -0.466 e. The SMILES string of the molecule is COC(=O)C1=C(C(=O)OC)N(c2cc3[nH]c(=O)[nH]c3cc2N(C)C)C(N)=C(C#N)C1c1ccccc1. The van der Waals surface area contributed by atoms with E-state index in [9.17, 15) is 19.6 Å². The Kier molecular flexibility index (Phi) is 6.27. The average Bonchev–Trinajstić information content (AvgIpc) is 3.25. The van der Waals surface area contributed by atoms with Crippen molar-refractivity contribution in [3.8, 4) is 6.07 Å². The Morgan fingerprint density at radius 1 is 1.06 bits per heavy atom. The van der Waals surface area contributed by atoms with E-state index in [-0.39, 0.29) is 22.7 Å². The van der Waals surface area contributed by atoms with Gasteiger partial charge in [0.05, 0.1) is 59.8 Å². The average molecular weight is 489 g/mol. The molecule has 184 valence electrons. The summed E-state index contributed by atoms with van der Waals surface area (Å²) in [6, 6.07) is 14.2. The maximum absolute atomic E-state index is 13.3. The molecule has 0 saturated carbocycles. The number of anilines is 2. The number of imidazole rings is 1. The second-order valence-corrected chi connectivity index (χ2v) is 8.20. The van der Waals surface area contributed by atoms with Gasteiger partial charge in [-0.05, 0) is 17.7 Å². The number of nitrogens with one attached hydrogen (secondary N) is 2. The van der Waals surface area contributed by atoms with E-state index < -0.39 is 23.5 Å². The Balaban J connectivity index is 2.15. The number of nitriles is 1. The maximum Gasteiger partial charge on any atom is 0.355 e. The van der Waals surface area contributed by atoms with Gasteiger partial charge in [-0.2, -0.15) is 5.26 Å². The van der Waals surface area contributed by atoms with E-state index in [2.05, 4.69) is 16.0 Å². The molecule has 0 radical (unpaired) electrons. The van der Waals surface area contributed by atoms with E-state index in [1.807, 2.05) is 0 Å². The van der Waals surface area contributed by atoms with E-state index in [1.165, 1.54) is 19.1 Å². The molecule has 1 aliphatic heterocycles. The summed E-state index contributed by atoms with van der Waals surface area (Å²) in [5.74, 6) is -2.73. The number of methoxy groups -OCH3 is 2. The van der Waals surface area contributed by atoms with Crippen molar-refractivity contribution in [2.75, 3.05) is 38.1 Å². The lowest BCUT2D eigenvalue weighted by atomic mass is 9.81. The van der Waals surface area contributed by atoms with Gasteiger partial charge in [-0.3, -0.25) is 4.90 Å². The Labute approximate surface area is 206 Å². The Bertz CT molecular complexity index is 1520. The van der Waals surface area contributed by atoms with Gasteiger partial charge >= 0.3 is 17.6 Å². The molecular weight excluding hydrogens is 464 g/mol. The second kappa shape index (κ2) is 9.34. The van der Waals surface area contributed by atoms with Gasteiger partial charge in [-0.25, -0.2) is 14.4 Å². The minimum absolute atomic E-state index is 0.0432. The highest BCUT2D eigenvalue weighted by Crippen LogP contribution is 2.45. The first-order chi connectivity index (χ1) is 17.2. The largest absolute Gasteiger partial charge is 0.466 e. The minimum atomic E-state index is -0.979. The topological polar surface area (TPSA) is 158 Å². The number of ether oxygens (including phenoxy) is 2. The summed E-state index contributed by atoms with van der Waals surface area (Å²) < 4.78 is 10.1. The zero-order valence-corrected chi connectivity index (χ0v) is 20.1. The third kappa shape index (κ3) is 3.84. The van der Waals surface area contributed by atoms with E-state index >= 15 is 0 Å². The summed E-state index contributed by atoms with van der Waals surface area (Å²) in [7, 11) is 5.89. The molecule has 0 saturated heterocycles. The van der Waals surface area contributed by atoms with Crippen molar-refractivity contribution in [3.63, 3.8) is 0 Å². The summed E-state index contributed by atoms with van der Waals surface area (Å²) in [4.78, 5) is 46.9. The second-order valence-electron chi connectivity index (χ2n) is 8.20. The fourth-order valence-corrected chi connectivity index (χ4v) is 4.36. The Hall–Kier alpha value is -4.98. The van der Waals surface area contributed by atoms with Crippen LogP contribution in [-0.2, 0) is 19.1 Å². The predicted octanol–water partition coefficient (Wildman–Crippen LogP) is 1.82. The first kappa shape index (κ1) is 24.2. The number of hydrogen-bond acceptors (Lipinski definition) is 9. The fraction of sp³-hybridized carbons (Fsp3) is 0.200. The third-order valence-electron chi connectivity index (χ3n) is 5.94. The van der Waals surface area contributed by atoms with Gasteiger partial charge in [0.25, 0.3) is 0 Å². The molecule has 0 fully saturated rings. The van der Waals surface area contributed by atoms with E-state index in [4.69, 9.17) is 15.2 Å². The van der Waals surface area contributed by atoms with Crippen LogP contribution in [0.1, 0.15) is 11.5 Å². The molecule has 0 aliphatic carbocycles. The molecule has 11 nitrogen and oxygen atoms in total. The number of aromatic nitrogens is 2. The van der Waals surface area contributed by atoms with Crippen molar-refractivity contribution in [2.24, 2.45) is 5.73 Å². The van der Waals surface area contributed by atoms with Crippen LogP contribution in [0.3, 0.4) is 0 Å². The van der Waals surface area contributed by atoms with Crippen LogP contribution in [-0.4, -0.2) is 50.2 Å². The van der Waals surface area contributed by atoms with Crippen LogP contribution in [0.5, 0.6) is 0 Å². The van der Waals surface area contributed by atoms with Gasteiger partial charge in [0.2, 0.25) is 0 Å². The first-order valence-electron chi connectivity index (χ1n) is 10.8. The quantitative estimate of drug-likeness (QED) is 0.456. The van der Waals surface area contributed by atoms with Gasteiger partial charge in [-0.1, -0.05) is 30.3 Å². The Morgan fingerprint density at radius 2 is 1.67 bits per heavy atom. The number of benzene rings is 2. The van der Waals surface area contributed by atoms with Crippen molar-refractivity contribution in [1.82, 2.24) is 9.97 Å². The number of carbonyl (C=O) groups excluding carboxylic acids is 2. The molecule has 1 atom stereocenters. The van der Waals surface area contributed by atoms with E-state index in [1.54, 1.807) is 61.5 Å². The lowest BCUT2D eigenvalue weighted by Crippen LogP contribution is -2.41. The van der Waals surface area contributed by atoms with Gasteiger partial charge in [0.1, 0.15) is 11.5 Å². The van der Waals surface area contributed by atoms with Crippen LogP contribution in [0.15, 0.2) is 69.9 Å². The third-order valence-corrected chi connectivity index (χ3v) is 5.94. The van der Waals surface area contributed by atoms with Crippen molar-refractivity contribution in [2.45, 2.75) is 5.92 Å². The number of nitrogens with zero attached hydrogens (tertiary/aromatic N) is 3. The number of fused-ring (bicyclic) bond motifs is 1. The molecule has 3 aromatic rings. The molecule has 1 aromatic heterocycles. The van der Waals surface area contributed by atoms with Crippen LogP contribution in [0.2, 0.25) is 0 Å². The first-order valence-corrected chi connectivity index (χ1v) is 10.8. The smallest absolute Gasteiger partial charge is 0.355 e. The van der Waals surface area contributed by atoms with E-state index in [0.717, 1.165) is 0 Å². The molecule has 1 aliphatic rings. The number of allylic oxidation sites excluding steroid dienone is 1. The molecule has 4 rings (SSSR count). The van der Waals surface area contributed by atoms with Crippen molar-refractivity contribution in [3.05, 3.63) is 81.2 Å². The molecule has 2 aromatic carbocycles. The molecule has 0 amide bonds. The van der Waals surface area contributed by atoms with Gasteiger partial charge in [0, 0.05) is 14.1 Å². The number of rotatable bonds is 5. The molecule has 1 unspecified atom stereocenters. The Morgan fingerprint density at radius 3 is 2.22 bits per heavy atom. The van der Waals surface area contributed by atoms with E-state index in [0.29, 0.717) is 28.0 Å². The zero-order valence-electron chi connectivity index (χ0n) is 20.1. The van der Waals surface area contributed by atoms with Crippen LogP contribution < -0.4 is 21.2 Å². The predicted molar refractivity (Wildman–Crippen MR) is 133 cm³/mol. The lowest BCUT2D eigenvalue weighted by Gasteiger charge is -2.37. The summed E-state index contributed by atoms with van der Waals surface area (Å²) in [6.07, 6.45) is 0. The van der Waals surface area contributed by atoms with Crippen LogP contribution in [0, 0.1) is 11.3 Å². The molecule has 36 heavy (non-hydrogen) atoms. The molecule has 0 bridgehead atoms. The van der Waals surface area contributed by atoms with Gasteiger partial charge < -0.3 is 30.1 Å². The monoisotopic (exact) mass is 488 g/mol. The fourth-order valence-electron chi connectivity index (χ4n) is 4.36. The molecule has 11 heteroatoms. The number of carbonyl (C=O) groups is 2. The van der Waals surface area contributed by atoms with Crippen LogP contribution >= 0.6 is 0 Å². The van der Waals surface area contributed by atoms with Crippen molar-refractivity contribution >= 4 is 34.3 Å². The molecule has 2 heterocycles. The summed E-state index contributed by atoms with van der Waals surface area (Å²) in [5.41, 5.74) is 8.30. The number of hydrogen-bond donors (Lipinski definition) is 3. The number of H-pyrrole nitrogens is 2. The highest BCUT2D eigenvalue weighted by atomic mass is 16.5. The zero-order chi connectivity index (χ0) is 26.1. The van der Waals surface area contributed by atoms with Crippen molar-refractivity contribution < 1.29 is 19.1 Å². The van der Waals surface area contributed by atoms with Crippen LogP contribution in [0.25, 0.3) is 11.0 Å². The number of nitrogens with two attached hydrogens (primary N) is 1. The highest BCUT2D eigenvalue weighted by Gasteiger charge is 2.43. The molecular formula is C25H24N6O5. The van der Waals surface area contributed by atoms with Gasteiger partial charge in [0.15, 0.2) is 0 Å². The summed E-state index contributed by atoms with van der Waals surface area (Å²) in [6.45, 7) is 0. The molecule has 0 spiro atoms. The highest BCUT2D eigenvalue weighted by molar-refractivity contribution is 6.07. The number of aromatic amines is 2. The van der Waals surface area contributed by atoms with Crippen molar-refractivity contribution in [1.29, 1.82) is 5.26 Å². The summed E-state index contributed by atoms with van der Waals surface area (Å²) in [5, 5.41) is 10.2. The lowest BCUT2D eigenvalue weighted by molar-refractivity contribution is -0.139. The standard InChI is InChI=1S/C25H24N6O5/c1-30(2)17-10-15-16(29-25(34)28-15)11-18(17)31-21(24(33)36-4)20(23(32)35-3)19(14(12-26)22(31)27)13-8-6-5-7-9-13/h5-11,19H,27H2,1-4H3,(H2,28,29,34). The normalized spacial score (nSPS) is 15.6. The number of esters is 2. The van der Waals surface area contributed by atoms with Gasteiger partial charge in [-0.15, -0.1) is 0 Å². The van der Waals surface area contributed by atoms with Crippen LogP contribution in [0.4, 0.5) is 11.4 Å². The molecule has 4 N–H and O–H groups in total. The summed E-state index contributed by atoms with van der Waals surface area (Å²) >= 11 is 0. The maximum atomic E-state index is 13.3.